The summed E-state index contributed by atoms with van der Waals surface area (Å²) < 4.78 is 0. The van der Waals surface area contributed by atoms with Crippen molar-refractivity contribution in [2.75, 3.05) is 10.6 Å². The predicted octanol–water partition coefficient (Wildman–Crippen LogP) is 5.29. The quantitative estimate of drug-likeness (QED) is 0.558. The summed E-state index contributed by atoms with van der Waals surface area (Å²) in [4.78, 5) is 14.5. The van der Waals surface area contributed by atoms with Crippen molar-refractivity contribution < 1.29 is 9.90 Å². The van der Waals surface area contributed by atoms with Crippen LogP contribution in [0.5, 0.6) is 5.75 Å². The Morgan fingerprint density at radius 3 is 2.50 bits per heavy atom. The van der Waals surface area contributed by atoms with Gasteiger partial charge >= 0.3 is 0 Å². The molecule has 1 aromatic heterocycles. The van der Waals surface area contributed by atoms with E-state index in [0.29, 0.717) is 6.42 Å². The second-order valence-corrected chi connectivity index (χ2v) is 8.26. The maximum absolute atomic E-state index is 13.3. The molecule has 5 rings (SSSR count). The number of allylic oxidation sites excluding steroid dienone is 1. The first-order valence-electron chi connectivity index (χ1n) is 9.38. The average Bonchev–Trinajstić information content (AvgIpc) is 3.18. The number of thiophene rings is 1. The van der Waals surface area contributed by atoms with E-state index < -0.39 is 0 Å². The van der Waals surface area contributed by atoms with E-state index in [1.54, 1.807) is 23.5 Å². The highest BCUT2D eigenvalue weighted by Crippen LogP contribution is 2.44. The second kappa shape index (κ2) is 6.84. The van der Waals surface area contributed by atoms with E-state index in [-0.39, 0.29) is 29.4 Å². The number of ketones is 1. The Bertz CT molecular complexity index is 1040. The molecule has 3 aromatic rings. The van der Waals surface area contributed by atoms with Gasteiger partial charge in [-0.15, -0.1) is 11.3 Å². The highest BCUT2D eigenvalue weighted by molar-refractivity contribution is 7.10. The fraction of sp³-hybridized carbons (Fsp3) is 0.174. The number of nitrogens with one attached hydrogen (secondary N) is 2. The second-order valence-electron chi connectivity index (χ2n) is 7.28. The van der Waals surface area contributed by atoms with Gasteiger partial charge in [-0.3, -0.25) is 4.79 Å². The van der Waals surface area contributed by atoms with Gasteiger partial charge in [-0.2, -0.15) is 0 Å². The maximum Gasteiger partial charge on any atom is 0.145 e. The number of carbonyl (C=O) groups excluding carboxylic acids is 1. The molecule has 3 N–H and O–H groups in total. The average molecular weight is 388 g/mol. The van der Waals surface area contributed by atoms with Crippen LogP contribution in [0.25, 0.3) is 0 Å². The number of para-hydroxylation sites is 2. The molecule has 0 amide bonds. The minimum absolute atomic E-state index is 0.108. The Morgan fingerprint density at radius 1 is 0.964 bits per heavy atom. The van der Waals surface area contributed by atoms with Gasteiger partial charge in [-0.25, -0.2) is 0 Å². The molecule has 2 heterocycles. The summed E-state index contributed by atoms with van der Waals surface area (Å²) in [5.74, 6) is 0.256. The molecule has 5 heteroatoms. The fourth-order valence-electron chi connectivity index (χ4n) is 4.15. The first-order valence-corrected chi connectivity index (χ1v) is 10.3. The van der Waals surface area contributed by atoms with Crippen molar-refractivity contribution in [3.05, 3.63) is 88.3 Å². The number of fused-ring (bicyclic) bond motifs is 2. The lowest BCUT2D eigenvalue weighted by molar-refractivity contribution is -0.122. The van der Waals surface area contributed by atoms with Crippen molar-refractivity contribution in [1.29, 1.82) is 0 Å². The molecule has 2 aromatic carbocycles. The third-order valence-corrected chi connectivity index (χ3v) is 6.50. The molecule has 28 heavy (non-hydrogen) atoms. The predicted molar refractivity (Wildman–Crippen MR) is 113 cm³/mol. The highest BCUT2D eigenvalue weighted by Gasteiger charge is 2.39. The molecule has 0 saturated heterocycles. The van der Waals surface area contributed by atoms with E-state index in [0.717, 1.165) is 22.6 Å². The summed E-state index contributed by atoms with van der Waals surface area (Å²) in [5, 5.41) is 18.8. The van der Waals surface area contributed by atoms with E-state index in [1.807, 2.05) is 42.5 Å². The van der Waals surface area contributed by atoms with E-state index in [1.165, 1.54) is 4.88 Å². The van der Waals surface area contributed by atoms with Crippen LogP contribution < -0.4 is 10.6 Å². The molecule has 4 nitrogen and oxygen atoms in total. The first kappa shape index (κ1) is 17.1. The van der Waals surface area contributed by atoms with Crippen LogP contribution in [0.15, 0.2) is 77.8 Å². The Hall–Kier alpha value is -3.05. The van der Waals surface area contributed by atoms with Crippen LogP contribution in [0.3, 0.4) is 0 Å². The lowest BCUT2D eigenvalue weighted by Gasteiger charge is -2.32. The van der Waals surface area contributed by atoms with E-state index in [9.17, 15) is 9.90 Å². The molecular formula is C23H20N2O2S. The largest absolute Gasteiger partial charge is 0.508 e. The minimum atomic E-state index is -0.298. The summed E-state index contributed by atoms with van der Waals surface area (Å²) >= 11 is 1.69. The van der Waals surface area contributed by atoms with Crippen molar-refractivity contribution in [2.45, 2.75) is 18.4 Å². The summed E-state index contributed by atoms with van der Waals surface area (Å²) in [6.07, 6.45) is 2.72. The molecule has 1 aliphatic carbocycles. The number of anilines is 2. The molecule has 3 unspecified atom stereocenters. The van der Waals surface area contributed by atoms with Gasteiger partial charge in [-0.05, 0) is 41.3 Å². The summed E-state index contributed by atoms with van der Waals surface area (Å²) in [6.45, 7) is 0. The molecule has 3 atom stereocenters. The fourth-order valence-corrected chi connectivity index (χ4v) is 4.95. The van der Waals surface area contributed by atoms with Gasteiger partial charge in [0.1, 0.15) is 11.5 Å². The van der Waals surface area contributed by atoms with Gasteiger partial charge in [-0.1, -0.05) is 36.4 Å². The monoisotopic (exact) mass is 388 g/mol. The standard InChI is InChI=1S/C23H20N2O2S/c26-16-9-7-14(8-10-16)23-22-19(24-17-4-1-2-5-18(17)25-23)12-15(13-20(22)27)21-6-3-11-28-21/h1-12,15,22-26H,13H2. The number of aromatic hydroxyl groups is 1. The Balaban J connectivity index is 1.63. The number of hydrogen-bond acceptors (Lipinski definition) is 5. The maximum atomic E-state index is 13.3. The first-order chi connectivity index (χ1) is 13.7. The minimum Gasteiger partial charge on any atom is -0.508 e. The van der Waals surface area contributed by atoms with Gasteiger partial charge in [0.2, 0.25) is 0 Å². The normalized spacial score (nSPS) is 23.5. The van der Waals surface area contributed by atoms with Crippen molar-refractivity contribution >= 4 is 28.5 Å². The van der Waals surface area contributed by atoms with Crippen molar-refractivity contribution in [3.63, 3.8) is 0 Å². The van der Waals surface area contributed by atoms with Crippen LogP contribution in [0, 0.1) is 5.92 Å². The molecule has 0 bridgehead atoms. The van der Waals surface area contributed by atoms with E-state index in [4.69, 9.17) is 0 Å². The molecule has 0 saturated carbocycles. The number of benzene rings is 2. The van der Waals surface area contributed by atoms with Crippen LogP contribution in [0.4, 0.5) is 11.4 Å². The number of Topliss-reactive ketones (excluding diaryl/α,β-unsaturated/α-hetero) is 1. The van der Waals surface area contributed by atoms with Gasteiger partial charge in [0.15, 0.2) is 0 Å². The SMILES string of the molecule is O=C1CC(c2cccs2)C=C2Nc3ccccc3NC(c3ccc(O)cc3)C12. The van der Waals surface area contributed by atoms with Crippen LogP contribution in [-0.4, -0.2) is 10.9 Å². The van der Waals surface area contributed by atoms with Gasteiger partial charge < -0.3 is 15.7 Å². The van der Waals surface area contributed by atoms with Crippen molar-refractivity contribution in [1.82, 2.24) is 0 Å². The Morgan fingerprint density at radius 2 is 1.75 bits per heavy atom. The van der Waals surface area contributed by atoms with Gasteiger partial charge in [0, 0.05) is 22.9 Å². The third kappa shape index (κ3) is 2.98. The smallest absolute Gasteiger partial charge is 0.145 e. The molecule has 2 aliphatic rings. The van der Waals surface area contributed by atoms with Crippen LogP contribution in [0.1, 0.15) is 28.8 Å². The number of rotatable bonds is 2. The molecule has 0 spiro atoms. The van der Waals surface area contributed by atoms with Crippen LogP contribution >= 0.6 is 11.3 Å². The van der Waals surface area contributed by atoms with Crippen LogP contribution in [-0.2, 0) is 4.79 Å². The third-order valence-electron chi connectivity index (χ3n) is 5.50. The lowest BCUT2D eigenvalue weighted by Crippen LogP contribution is -2.33. The Kier molecular flexibility index (Phi) is 4.17. The number of hydrogen-bond donors (Lipinski definition) is 3. The van der Waals surface area contributed by atoms with E-state index in [2.05, 4.69) is 28.2 Å². The van der Waals surface area contributed by atoms with E-state index >= 15 is 0 Å². The number of phenolic OH excluding ortho intramolecular Hbond substituents is 1. The lowest BCUT2D eigenvalue weighted by atomic mass is 9.78. The summed E-state index contributed by atoms with van der Waals surface area (Å²) in [7, 11) is 0. The number of carbonyl (C=O) groups is 1. The zero-order valence-corrected chi connectivity index (χ0v) is 15.9. The molecule has 0 fully saturated rings. The zero-order valence-electron chi connectivity index (χ0n) is 15.1. The van der Waals surface area contributed by atoms with Gasteiger partial charge in [0.25, 0.3) is 0 Å². The molecular weight excluding hydrogens is 368 g/mol. The summed E-state index contributed by atoms with van der Waals surface area (Å²) in [5.41, 5.74) is 3.87. The molecule has 140 valence electrons. The van der Waals surface area contributed by atoms with Crippen LogP contribution in [0.2, 0.25) is 0 Å². The van der Waals surface area contributed by atoms with Crippen molar-refractivity contribution in [3.8, 4) is 5.75 Å². The van der Waals surface area contributed by atoms with Crippen molar-refractivity contribution in [2.24, 2.45) is 5.92 Å². The molecule has 0 radical (unpaired) electrons. The van der Waals surface area contributed by atoms with Gasteiger partial charge in [0.05, 0.1) is 23.3 Å². The highest BCUT2D eigenvalue weighted by atomic mass is 32.1. The Labute approximate surface area is 167 Å². The summed E-state index contributed by atoms with van der Waals surface area (Å²) in [6, 6.07) is 19.1. The number of phenols is 1. The topological polar surface area (TPSA) is 61.4 Å². The zero-order chi connectivity index (χ0) is 19.1. The molecule has 1 aliphatic heterocycles.